The Morgan fingerprint density at radius 3 is 2.93 bits per heavy atom. The lowest BCUT2D eigenvalue weighted by atomic mass is 9.94. The van der Waals surface area contributed by atoms with Crippen molar-refractivity contribution in [2.45, 2.75) is 44.5 Å². The Bertz CT molecular complexity index is 323. The first-order chi connectivity index (χ1) is 7.22. The van der Waals surface area contributed by atoms with E-state index in [2.05, 4.69) is 39.9 Å². The summed E-state index contributed by atoms with van der Waals surface area (Å²) < 4.78 is 2.01. The lowest BCUT2D eigenvalue weighted by Gasteiger charge is -2.16. The smallest absolute Gasteiger partial charge is 0.138 e. The van der Waals surface area contributed by atoms with Crippen LogP contribution in [0.1, 0.15) is 32.5 Å². The molecule has 0 radical (unpaired) electrons. The third-order valence-corrected chi connectivity index (χ3v) is 4.86. The van der Waals surface area contributed by atoms with Gasteiger partial charge < -0.3 is 0 Å². The van der Waals surface area contributed by atoms with Crippen molar-refractivity contribution in [1.29, 1.82) is 0 Å². The van der Waals surface area contributed by atoms with Crippen LogP contribution < -0.4 is 0 Å². The minimum Gasteiger partial charge on any atom is -0.250 e. The monoisotopic (exact) mass is 271 g/mol. The summed E-state index contributed by atoms with van der Waals surface area (Å²) in [7, 11) is 0. The van der Waals surface area contributed by atoms with Gasteiger partial charge in [0, 0.05) is 17.8 Å². The second kappa shape index (κ2) is 4.64. The first-order valence-electron chi connectivity index (χ1n) is 5.73. The van der Waals surface area contributed by atoms with Crippen molar-refractivity contribution in [3.63, 3.8) is 0 Å². The molecule has 1 fully saturated rings. The van der Waals surface area contributed by atoms with Gasteiger partial charge in [-0.1, -0.05) is 22.9 Å². The van der Waals surface area contributed by atoms with Crippen LogP contribution in [0.4, 0.5) is 0 Å². The van der Waals surface area contributed by atoms with E-state index in [9.17, 15) is 0 Å². The zero-order valence-corrected chi connectivity index (χ0v) is 10.9. The van der Waals surface area contributed by atoms with Gasteiger partial charge in [-0.25, -0.2) is 4.98 Å². The number of alkyl halides is 1. The molecule has 1 heterocycles. The topological polar surface area (TPSA) is 30.7 Å². The molecule has 1 aliphatic rings. The number of rotatable bonds is 3. The van der Waals surface area contributed by atoms with Crippen LogP contribution in [0.25, 0.3) is 0 Å². The van der Waals surface area contributed by atoms with Crippen LogP contribution >= 0.6 is 15.9 Å². The molecule has 1 saturated carbocycles. The average Bonchev–Trinajstić information content (AvgIpc) is 2.80. The van der Waals surface area contributed by atoms with Crippen LogP contribution in [-0.4, -0.2) is 19.6 Å². The normalized spacial score (nSPS) is 31.0. The molecule has 0 aliphatic heterocycles. The van der Waals surface area contributed by atoms with Crippen LogP contribution in [0.2, 0.25) is 0 Å². The Balaban J connectivity index is 2.03. The number of hydrogen-bond donors (Lipinski definition) is 0. The molecule has 1 aromatic rings. The summed E-state index contributed by atoms with van der Waals surface area (Å²) >= 11 is 3.74. The molecule has 4 heteroatoms. The fourth-order valence-electron chi connectivity index (χ4n) is 2.43. The Hall–Kier alpha value is -0.380. The number of hydrogen-bond acceptors (Lipinski definition) is 2. The molecule has 2 rings (SSSR count). The summed E-state index contributed by atoms with van der Waals surface area (Å²) in [6.45, 7) is 5.38. The molecule has 0 N–H and O–H groups in total. The van der Waals surface area contributed by atoms with Crippen molar-refractivity contribution in [3.05, 3.63) is 12.2 Å². The highest BCUT2D eigenvalue weighted by atomic mass is 79.9. The predicted octanol–water partition coefficient (Wildman–Crippen LogP) is 2.65. The molecule has 3 unspecified atom stereocenters. The molecule has 84 valence electrons. The summed E-state index contributed by atoms with van der Waals surface area (Å²) in [4.78, 5) is 5.04. The van der Waals surface area contributed by atoms with Crippen molar-refractivity contribution in [2.24, 2.45) is 11.8 Å². The van der Waals surface area contributed by atoms with Gasteiger partial charge in [0.1, 0.15) is 12.2 Å². The molecule has 3 atom stereocenters. The predicted molar refractivity (Wildman–Crippen MR) is 64.0 cm³/mol. The zero-order valence-electron chi connectivity index (χ0n) is 9.36. The maximum Gasteiger partial charge on any atom is 0.138 e. The van der Waals surface area contributed by atoms with Gasteiger partial charge in [-0.3, -0.25) is 4.68 Å². The first kappa shape index (κ1) is 11.1. The Labute approximate surface area is 99.4 Å². The molecule has 15 heavy (non-hydrogen) atoms. The van der Waals surface area contributed by atoms with Crippen LogP contribution in [0.3, 0.4) is 0 Å². The van der Waals surface area contributed by atoms with E-state index in [-0.39, 0.29) is 0 Å². The molecular formula is C11H18BrN3. The zero-order chi connectivity index (χ0) is 10.8. The van der Waals surface area contributed by atoms with Gasteiger partial charge in [-0.2, -0.15) is 5.10 Å². The highest BCUT2D eigenvalue weighted by molar-refractivity contribution is 9.09. The molecule has 1 aliphatic carbocycles. The number of aryl methyl sites for hydroxylation is 1. The third-order valence-electron chi connectivity index (χ3n) is 3.57. The number of aromatic nitrogens is 3. The molecule has 1 aromatic heterocycles. The molecule has 0 amide bonds. The second-order valence-corrected chi connectivity index (χ2v) is 5.58. The summed E-state index contributed by atoms with van der Waals surface area (Å²) in [5, 5.41) is 4.21. The van der Waals surface area contributed by atoms with E-state index in [0.717, 1.165) is 30.6 Å². The summed E-state index contributed by atoms with van der Waals surface area (Å²) in [6.07, 6.45) is 5.36. The van der Waals surface area contributed by atoms with Crippen molar-refractivity contribution in [3.8, 4) is 0 Å². The number of halogens is 1. The fourth-order valence-corrected chi connectivity index (χ4v) is 3.12. The quantitative estimate of drug-likeness (QED) is 0.792. The van der Waals surface area contributed by atoms with Crippen molar-refractivity contribution >= 4 is 15.9 Å². The third kappa shape index (κ3) is 2.25. The molecule has 0 bridgehead atoms. The Kier molecular flexibility index (Phi) is 3.44. The first-order valence-corrected chi connectivity index (χ1v) is 6.64. The molecule has 0 saturated heterocycles. The van der Waals surface area contributed by atoms with E-state index in [1.807, 2.05) is 4.68 Å². The van der Waals surface area contributed by atoms with Gasteiger partial charge in [-0.05, 0) is 31.6 Å². The van der Waals surface area contributed by atoms with Gasteiger partial charge in [0.15, 0.2) is 0 Å². The second-order valence-electron chi connectivity index (χ2n) is 4.41. The standard InChI is InChI=1S/C11H18BrN3/c1-3-15-11(13-7-14-15)6-9-4-5-10(12)8(9)2/h7-10H,3-6H2,1-2H3. The summed E-state index contributed by atoms with van der Waals surface area (Å²) in [5.41, 5.74) is 0. The van der Waals surface area contributed by atoms with Crippen LogP contribution in [0.5, 0.6) is 0 Å². The van der Waals surface area contributed by atoms with Gasteiger partial charge in [0.05, 0.1) is 0 Å². The summed E-state index contributed by atoms with van der Waals surface area (Å²) in [6, 6.07) is 0. The van der Waals surface area contributed by atoms with Crippen LogP contribution in [0, 0.1) is 11.8 Å². The Morgan fingerprint density at radius 1 is 1.53 bits per heavy atom. The van der Waals surface area contributed by atoms with Gasteiger partial charge >= 0.3 is 0 Å². The number of nitrogens with zero attached hydrogens (tertiary/aromatic N) is 3. The van der Waals surface area contributed by atoms with E-state index >= 15 is 0 Å². The maximum absolute atomic E-state index is 4.35. The lowest BCUT2D eigenvalue weighted by Crippen LogP contribution is -2.16. The van der Waals surface area contributed by atoms with Gasteiger partial charge in [-0.15, -0.1) is 0 Å². The highest BCUT2D eigenvalue weighted by Gasteiger charge is 2.31. The van der Waals surface area contributed by atoms with Gasteiger partial charge in [0.25, 0.3) is 0 Å². The minimum absolute atomic E-state index is 0.695. The Morgan fingerprint density at radius 2 is 2.33 bits per heavy atom. The van der Waals surface area contributed by atoms with Crippen LogP contribution in [0.15, 0.2) is 6.33 Å². The van der Waals surface area contributed by atoms with Crippen molar-refractivity contribution < 1.29 is 0 Å². The van der Waals surface area contributed by atoms with E-state index in [1.54, 1.807) is 6.33 Å². The SMILES string of the molecule is CCn1ncnc1CC1CCC(Br)C1C. The lowest BCUT2D eigenvalue weighted by molar-refractivity contribution is 0.404. The van der Waals surface area contributed by atoms with E-state index < -0.39 is 0 Å². The van der Waals surface area contributed by atoms with Crippen molar-refractivity contribution in [1.82, 2.24) is 14.8 Å². The van der Waals surface area contributed by atoms with Gasteiger partial charge in [0.2, 0.25) is 0 Å². The molecular weight excluding hydrogens is 254 g/mol. The van der Waals surface area contributed by atoms with E-state index in [4.69, 9.17) is 0 Å². The minimum atomic E-state index is 0.695. The largest absolute Gasteiger partial charge is 0.250 e. The molecule has 0 spiro atoms. The summed E-state index contributed by atoms with van der Waals surface area (Å²) in [5.74, 6) is 2.67. The maximum atomic E-state index is 4.35. The van der Waals surface area contributed by atoms with Crippen molar-refractivity contribution in [2.75, 3.05) is 0 Å². The highest BCUT2D eigenvalue weighted by Crippen LogP contribution is 2.37. The van der Waals surface area contributed by atoms with E-state index in [1.165, 1.54) is 12.8 Å². The fraction of sp³-hybridized carbons (Fsp3) is 0.818. The molecule has 0 aromatic carbocycles. The van der Waals surface area contributed by atoms with Crippen LogP contribution in [-0.2, 0) is 13.0 Å². The van der Waals surface area contributed by atoms with E-state index in [0.29, 0.717) is 4.83 Å². The molecule has 3 nitrogen and oxygen atoms in total. The average molecular weight is 272 g/mol.